The number of rotatable bonds is 7. The van der Waals surface area contributed by atoms with Crippen molar-refractivity contribution >= 4 is 12.6 Å². The first-order chi connectivity index (χ1) is 14.8. The minimum Gasteiger partial charge on any atom is -0.237 e. The van der Waals surface area contributed by atoms with Crippen molar-refractivity contribution in [3.05, 3.63) is 65.7 Å². The summed E-state index contributed by atoms with van der Waals surface area (Å²) < 4.78 is 1.88. The van der Waals surface area contributed by atoms with Gasteiger partial charge in [-0.3, -0.25) is 0 Å². The van der Waals surface area contributed by atoms with Crippen LogP contribution in [0.25, 0.3) is 22.5 Å². The van der Waals surface area contributed by atoms with E-state index in [9.17, 15) is 0 Å². The summed E-state index contributed by atoms with van der Waals surface area (Å²) in [5, 5.41) is 19.0. The SMILES string of the molecule is CC#CCn1nc(CCS)nc1Cc1ccc(-c2ccccc2-c2nn[nH]n2)cc1. The summed E-state index contributed by atoms with van der Waals surface area (Å²) in [5.74, 6) is 9.01. The van der Waals surface area contributed by atoms with Crippen LogP contribution in [0, 0.1) is 11.8 Å². The van der Waals surface area contributed by atoms with Crippen molar-refractivity contribution in [1.29, 1.82) is 0 Å². The van der Waals surface area contributed by atoms with Gasteiger partial charge in [0.05, 0.1) is 0 Å². The Morgan fingerprint density at radius 3 is 2.57 bits per heavy atom. The van der Waals surface area contributed by atoms with Crippen molar-refractivity contribution < 1.29 is 0 Å². The number of hydrogen-bond donors (Lipinski definition) is 2. The summed E-state index contributed by atoms with van der Waals surface area (Å²) in [7, 11) is 0. The highest BCUT2D eigenvalue weighted by molar-refractivity contribution is 7.80. The van der Waals surface area contributed by atoms with E-state index < -0.39 is 0 Å². The van der Waals surface area contributed by atoms with Gasteiger partial charge in [-0.25, -0.2) is 9.67 Å². The number of hydrogen-bond acceptors (Lipinski definition) is 6. The predicted octanol–water partition coefficient (Wildman–Crippen LogP) is 3.21. The average molecular weight is 416 g/mol. The highest BCUT2D eigenvalue weighted by atomic mass is 32.1. The average Bonchev–Trinajstić information content (AvgIpc) is 3.44. The Bertz CT molecular complexity index is 1170. The van der Waals surface area contributed by atoms with Crippen LogP contribution >= 0.6 is 12.6 Å². The van der Waals surface area contributed by atoms with Gasteiger partial charge in [-0.2, -0.15) is 22.9 Å². The van der Waals surface area contributed by atoms with Crippen LogP contribution in [-0.4, -0.2) is 41.1 Å². The zero-order valence-electron chi connectivity index (χ0n) is 16.6. The summed E-state index contributed by atoms with van der Waals surface area (Å²) in [6.07, 6.45) is 1.44. The van der Waals surface area contributed by atoms with E-state index in [0.717, 1.165) is 46.1 Å². The highest BCUT2D eigenvalue weighted by Gasteiger charge is 2.12. The van der Waals surface area contributed by atoms with Gasteiger partial charge in [0.15, 0.2) is 5.82 Å². The largest absolute Gasteiger partial charge is 0.237 e. The van der Waals surface area contributed by atoms with Crippen LogP contribution in [0.2, 0.25) is 0 Å². The van der Waals surface area contributed by atoms with E-state index in [1.165, 1.54) is 0 Å². The number of aromatic amines is 1. The monoisotopic (exact) mass is 415 g/mol. The van der Waals surface area contributed by atoms with Crippen LogP contribution in [0.3, 0.4) is 0 Å². The molecule has 0 saturated carbocycles. The van der Waals surface area contributed by atoms with E-state index in [4.69, 9.17) is 0 Å². The molecule has 150 valence electrons. The first-order valence-electron chi connectivity index (χ1n) is 9.63. The van der Waals surface area contributed by atoms with Gasteiger partial charge in [0.25, 0.3) is 0 Å². The topological polar surface area (TPSA) is 85.2 Å². The summed E-state index contributed by atoms with van der Waals surface area (Å²) in [5.41, 5.74) is 4.25. The summed E-state index contributed by atoms with van der Waals surface area (Å²) in [6, 6.07) is 16.5. The standard InChI is InChI=1S/C22H21N7S/c1-2-3-13-29-21(23-20(26-29)12-14-30)15-16-8-10-17(11-9-16)18-6-4-5-7-19(18)22-24-27-28-25-22/h4-11,30H,12-15H2,1H3,(H,24,25,27,28). The maximum absolute atomic E-state index is 4.68. The molecule has 2 heterocycles. The third kappa shape index (κ3) is 4.42. The number of aryl methyl sites for hydroxylation is 1. The van der Waals surface area contributed by atoms with Crippen molar-refractivity contribution in [3.8, 4) is 34.4 Å². The van der Waals surface area contributed by atoms with Gasteiger partial charge in [0.2, 0.25) is 5.82 Å². The molecule has 0 aliphatic heterocycles. The molecule has 4 aromatic rings. The second-order valence-corrected chi connectivity index (χ2v) is 7.10. The molecule has 0 spiro atoms. The van der Waals surface area contributed by atoms with E-state index in [1.54, 1.807) is 0 Å². The molecule has 0 unspecified atom stereocenters. The Morgan fingerprint density at radius 1 is 1.07 bits per heavy atom. The Hall–Kier alpha value is -3.44. The van der Waals surface area contributed by atoms with Crippen molar-refractivity contribution in [2.75, 3.05) is 5.75 Å². The van der Waals surface area contributed by atoms with Crippen molar-refractivity contribution in [3.63, 3.8) is 0 Å². The molecular weight excluding hydrogens is 394 g/mol. The van der Waals surface area contributed by atoms with Crippen LogP contribution in [0.1, 0.15) is 24.1 Å². The molecule has 7 nitrogen and oxygen atoms in total. The lowest BCUT2D eigenvalue weighted by atomic mass is 9.98. The summed E-state index contributed by atoms with van der Waals surface area (Å²) in [4.78, 5) is 4.68. The summed E-state index contributed by atoms with van der Waals surface area (Å²) >= 11 is 4.29. The summed E-state index contributed by atoms with van der Waals surface area (Å²) in [6.45, 7) is 2.37. The molecule has 0 aliphatic rings. The fourth-order valence-corrected chi connectivity index (χ4v) is 3.43. The number of nitrogens with one attached hydrogen (secondary N) is 1. The zero-order chi connectivity index (χ0) is 20.8. The fraction of sp³-hybridized carbons (Fsp3) is 0.227. The number of H-pyrrole nitrogens is 1. The molecule has 0 atom stereocenters. The second kappa shape index (κ2) is 9.37. The van der Waals surface area contributed by atoms with E-state index >= 15 is 0 Å². The van der Waals surface area contributed by atoms with Gasteiger partial charge in [-0.1, -0.05) is 54.5 Å². The third-order valence-corrected chi connectivity index (χ3v) is 4.90. The normalized spacial score (nSPS) is 10.6. The second-order valence-electron chi connectivity index (χ2n) is 6.66. The number of aromatic nitrogens is 7. The first-order valence-corrected chi connectivity index (χ1v) is 10.3. The molecule has 0 bridgehead atoms. The fourth-order valence-electron chi connectivity index (χ4n) is 3.23. The molecule has 4 rings (SSSR count). The molecule has 2 aromatic heterocycles. The molecule has 8 heteroatoms. The van der Waals surface area contributed by atoms with Gasteiger partial charge in [-0.15, -0.1) is 16.1 Å². The van der Waals surface area contributed by atoms with Gasteiger partial charge in [-0.05, 0) is 34.6 Å². The van der Waals surface area contributed by atoms with Gasteiger partial charge < -0.3 is 0 Å². The zero-order valence-corrected chi connectivity index (χ0v) is 17.5. The number of tetrazole rings is 1. The molecule has 0 amide bonds. The maximum atomic E-state index is 4.68. The molecule has 0 radical (unpaired) electrons. The van der Waals surface area contributed by atoms with Crippen molar-refractivity contribution in [2.24, 2.45) is 0 Å². The highest BCUT2D eigenvalue weighted by Crippen LogP contribution is 2.29. The predicted molar refractivity (Wildman–Crippen MR) is 119 cm³/mol. The molecule has 0 aliphatic carbocycles. The van der Waals surface area contributed by atoms with Crippen molar-refractivity contribution in [1.82, 2.24) is 35.4 Å². The smallest absolute Gasteiger partial charge is 0.205 e. The molecule has 0 fully saturated rings. The number of nitrogens with zero attached hydrogens (tertiary/aromatic N) is 6. The van der Waals surface area contributed by atoms with Crippen molar-refractivity contribution in [2.45, 2.75) is 26.3 Å². The number of thiol groups is 1. The quantitative estimate of drug-likeness (QED) is 0.358. The Labute approximate surface area is 180 Å². The van der Waals surface area contributed by atoms with E-state index in [2.05, 4.69) is 85.5 Å². The lowest BCUT2D eigenvalue weighted by Gasteiger charge is -2.08. The van der Waals surface area contributed by atoms with Crippen LogP contribution in [-0.2, 0) is 19.4 Å². The Balaban J connectivity index is 1.59. The lowest BCUT2D eigenvalue weighted by molar-refractivity contribution is 0.664. The Kier molecular flexibility index (Phi) is 6.20. The molecule has 1 N–H and O–H groups in total. The Morgan fingerprint density at radius 2 is 1.87 bits per heavy atom. The first kappa shape index (κ1) is 19.9. The molecular formula is C22H21N7S. The van der Waals surface area contributed by atoms with Crippen LogP contribution < -0.4 is 0 Å². The van der Waals surface area contributed by atoms with E-state index in [-0.39, 0.29) is 0 Å². The van der Waals surface area contributed by atoms with Crippen LogP contribution in [0.15, 0.2) is 48.5 Å². The van der Waals surface area contributed by atoms with Gasteiger partial charge >= 0.3 is 0 Å². The maximum Gasteiger partial charge on any atom is 0.205 e. The minimum absolute atomic E-state index is 0.543. The van der Waals surface area contributed by atoms with Crippen LogP contribution in [0.5, 0.6) is 0 Å². The molecule has 30 heavy (non-hydrogen) atoms. The minimum atomic E-state index is 0.543. The number of benzene rings is 2. The van der Waals surface area contributed by atoms with Crippen LogP contribution in [0.4, 0.5) is 0 Å². The molecule has 2 aromatic carbocycles. The molecule has 0 saturated heterocycles. The van der Waals surface area contributed by atoms with Gasteiger partial charge in [0, 0.05) is 18.4 Å². The third-order valence-electron chi connectivity index (χ3n) is 4.67. The van der Waals surface area contributed by atoms with Gasteiger partial charge in [0.1, 0.15) is 12.4 Å². The lowest BCUT2D eigenvalue weighted by Crippen LogP contribution is -2.05. The van der Waals surface area contributed by atoms with E-state index in [1.807, 2.05) is 29.8 Å². The van der Waals surface area contributed by atoms with E-state index in [0.29, 0.717) is 18.8 Å².